The lowest BCUT2D eigenvalue weighted by atomic mass is 9.85. The molecule has 9 nitrogen and oxygen atoms in total. The summed E-state index contributed by atoms with van der Waals surface area (Å²) < 4.78 is 75.9. The summed E-state index contributed by atoms with van der Waals surface area (Å²) in [6, 6.07) is 4.17. The van der Waals surface area contributed by atoms with Crippen molar-refractivity contribution in [2.75, 3.05) is 18.5 Å². The Balaban J connectivity index is 1.29. The summed E-state index contributed by atoms with van der Waals surface area (Å²) in [5.74, 6) is -2.30. The molecule has 1 saturated heterocycles. The number of ether oxygens (including phenoxy) is 2. The second-order valence-electron chi connectivity index (χ2n) is 11.7. The molecule has 0 spiro atoms. The number of aromatic nitrogens is 1. The van der Waals surface area contributed by atoms with Gasteiger partial charge in [0, 0.05) is 31.2 Å². The maximum atomic E-state index is 13.2. The molecule has 1 aromatic carbocycles. The summed E-state index contributed by atoms with van der Waals surface area (Å²) in [7, 11) is 0. The van der Waals surface area contributed by atoms with Gasteiger partial charge < -0.3 is 25.4 Å². The fraction of sp³-hybridized carbons (Fsp3) is 0.533. The quantitative estimate of drug-likeness (QED) is 0.250. The van der Waals surface area contributed by atoms with Gasteiger partial charge in [-0.2, -0.15) is 18.2 Å². The van der Waals surface area contributed by atoms with E-state index < -0.39 is 42.7 Å². The molecule has 0 bridgehead atoms. The van der Waals surface area contributed by atoms with Gasteiger partial charge in [-0.25, -0.2) is 13.8 Å². The molecule has 1 saturated carbocycles. The van der Waals surface area contributed by atoms with Crippen molar-refractivity contribution >= 4 is 52.4 Å². The average molecular weight is 693 g/mol. The summed E-state index contributed by atoms with van der Waals surface area (Å²) in [6.45, 7) is 1.32. The lowest BCUT2D eigenvalue weighted by Gasteiger charge is -2.30. The van der Waals surface area contributed by atoms with Gasteiger partial charge in [0.15, 0.2) is 12.4 Å². The standard InChI is InChI=1S/C30H32Cl2F5N5O4/c1-29(9-2-10-46-29)28(44)38-13-15-3-8-20(31)24(23(15)32)40-22-12-16-11-19(27(42-25(16)41-22)45-14-21(33)34)26(43)39-18-6-4-17(5-7-18)30(35,36)37/h3,8,11,17-18,21H,2,4-7,9-10,12-14H2,1H3,(H,38,44)(H,39,43)(H,40,41,42). The first-order valence-corrected chi connectivity index (χ1v) is 15.5. The number of hydrogen-bond donors (Lipinski definition) is 3. The molecule has 16 heteroatoms. The predicted molar refractivity (Wildman–Crippen MR) is 161 cm³/mol. The zero-order chi connectivity index (χ0) is 33.2. The average Bonchev–Trinajstić information content (AvgIpc) is 3.63. The van der Waals surface area contributed by atoms with Crippen LogP contribution in [0.25, 0.3) is 0 Å². The third kappa shape index (κ3) is 7.83. The monoisotopic (exact) mass is 691 g/mol. The largest absolute Gasteiger partial charge is 0.471 e. The third-order valence-corrected chi connectivity index (χ3v) is 9.08. The molecular formula is C30H32Cl2F5N5O4. The van der Waals surface area contributed by atoms with Gasteiger partial charge in [0.25, 0.3) is 18.2 Å². The Hall–Kier alpha value is -3.23. The van der Waals surface area contributed by atoms with Crippen molar-refractivity contribution in [2.45, 2.75) is 82.7 Å². The van der Waals surface area contributed by atoms with Crippen LogP contribution in [0.5, 0.6) is 5.88 Å². The number of anilines is 1. The number of nitrogens with zero attached hydrogens (tertiary/aromatic N) is 2. The van der Waals surface area contributed by atoms with E-state index in [0.29, 0.717) is 35.7 Å². The second kappa shape index (κ2) is 13.9. The Labute approximate surface area is 271 Å². The highest BCUT2D eigenvalue weighted by Gasteiger charge is 2.42. The number of benzene rings is 1. The van der Waals surface area contributed by atoms with Gasteiger partial charge in [-0.1, -0.05) is 29.3 Å². The first-order valence-electron chi connectivity index (χ1n) is 14.8. The molecule has 1 aromatic heterocycles. The van der Waals surface area contributed by atoms with Crippen LogP contribution in [0.2, 0.25) is 10.0 Å². The Kier molecular flexibility index (Phi) is 10.3. The number of carbonyl (C=O) groups excluding carboxylic acids is 2. The highest BCUT2D eigenvalue weighted by molar-refractivity contribution is 6.40. The predicted octanol–water partition coefficient (Wildman–Crippen LogP) is 6.77. The molecule has 1 aliphatic carbocycles. The lowest BCUT2D eigenvalue weighted by Crippen LogP contribution is -2.43. The van der Waals surface area contributed by atoms with E-state index in [4.69, 9.17) is 32.7 Å². The van der Waals surface area contributed by atoms with Crippen LogP contribution in [0, 0.1) is 5.92 Å². The van der Waals surface area contributed by atoms with Crippen LogP contribution in [0.3, 0.4) is 0 Å². The fourth-order valence-corrected chi connectivity index (χ4v) is 6.26. The lowest BCUT2D eigenvalue weighted by molar-refractivity contribution is -0.182. The van der Waals surface area contributed by atoms with Crippen LogP contribution in [0.4, 0.5) is 33.5 Å². The van der Waals surface area contributed by atoms with Crippen molar-refractivity contribution in [1.29, 1.82) is 0 Å². The van der Waals surface area contributed by atoms with Crippen LogP contribution >= 0.6 is 23.2 Å². The summed E-state index contributed by atoms with van der Waals surface area (Å²) in [4.78, 5) is 34.5. The van der Waals surface area contributed by atoms with E-state index >= 15 is 0 Å². The van der Waals surface area contributed by atoms with E-state index in [0.717, 1.165) is 6.42 Å². The number of pyridine rings is 1. The maximum Gasteiger partial charge on any atom is 0.391 e. The molecule has 2 aromatic rings. The number of alkyl halides is 5. The summed E-state index contributed by atoms with van der Waals surface area (Å²) >= 11 is 13.1. The van der Waals surface area contributed by atoms with Crippen LogP contribution in [0.1, 0.15) is 66.9 Å². The van der Waals surface area contributed by atoms with Gasteiger partial charge in [-0.3, -0.25) is 9.59 Å². The second-order valence-corrected chi connectivity index (χ2v) is 12.5. The zero-order valence-electron chi connectivity index (χ0n) is 24.7. The molecule has 0 radical (unpaired) electrons. The van der Waals surface area contributed by atoms with Crippen LogP contribution in [-0.4, -0.2) is 60.1 Å². The first kappa shape index (κ1) is 34.1. The third-order valence-electron chi connectivity index (χ3n) is 8.34. The van der Waals surface area contributed by atoms with E-state index in [2.05, 4.69) is 25.9 Å². The number of rotatable bonds is 9. The van der Waals surface area contributed by atoms with E-state index in [9.17, 15) is 31.5 Å². The molecule has 5 rings (SSSR count). The van der Waals surface area contributed by atoms with Gasteiger partial charge in [0.1, 0.15) is 17.0 Å². The van der Waals surface area contributed by atoms with E-state index in [-0.39, 0.29) is 71.9 Å². The Morgan fingerprint density at radius 2 is 1.91 bits per heavy atom. The fourth-order valence-electron chi connectivity index (χ4n) is 5.73. The normalized spacial score (nSPS) is 22.8. The topological polar surface area (TPSA) is 114 Å². The maximum absolute atomic E-state index is 13.2. The summed E-state index contributed by atoms with van der Waals surface area (Å²) in [6.07, 6.45) is -5.62. The SMILES string of the molecule is CC1(C(=O)NCc2ccc(Cl)c(NC3=Nc4nc(OCC(F)F)c(C(=O)NC5CCC(C(F)(F)F)CC5)cc4C3)c2Cl)CCCO1. The number of nitrogens with one attached hydrogen (secondary N) is 3. The molecule has 46 heavy (non-hydrogen) atoms. The molecule has 3 N–H and O–H groups in total. The van der Waals surface area contributed by atoms with Gasteiger partial charge in [-0.05, 0) is 63.1 Å². The van der Waals surface area contributed by atoms with E-state index in [1.165, 1.54) is 6.07 Å². The number of fused-ring (bicyclic) bond motifs is 1. The van der Waals surface area contributed by atoms with E-state index in [1.54, 1.807) is 19.1 Å². The molecule has 3 heterocycles. The minimum atomic E-state index is -4.30. The summed E-state index contributed by atoms with van der Waals surface area (Å²) in [5, 5.41) is 9.11. The number of amidine groups is 1. The molecule has 1 atom stereocenters. The van der Waals surface area contributed by atoms with Crippen molar-refractivity contribution in [1.82, 2.24) is 15.6 Å². The molecule has 250 valence electrons. The van der Waals surface area contributed by atoms with Gasteiger partial charge >= 0.3 is 6.18 Å². The van der Waals surface area contributed by atoms with Gasteiger partial charge in [0.05, 0.1) is 21.7 Å². The first-order chi connectivity index (χ1) is 21.7. The zero-order valence-corrected chi connectivity index (χ0v) is 26.2. The highest BCUT2D eigenvalue weighted by atomic mass is 35.5. The van der Waals surface area contributed by atoms with Crippen molar-refractivity contribution in [3.8, 4) is 5.88 Å². The number of hydrogen-bond acceptors (Lipinski definition) is 7. The van der Waals surface area contributed by atoms with Crippen molar-refractivity contribution in [3.05, 3.63) is 44.9 Å². The van der Waals surface area contributed by atoms with Crippen molar-refractivity contribution in [3.63, 3.8) is 0 Å². The number of aliphatic imine (C=N–C) groups is 1. The molecule has 2 fully saturated rings. The number of halogens is 7. The minimum Gasteiger partial charge on any atom is -0.471 e. The summed E-state index contributed by atoms with van der Waals surface area (Å²) in [5.41, 5.74) is 0.313. The molecule has 3 aliphatic rings. The van der Waals surface area contributed by atoms with Crippen LogP contribution in [0.15, 0.2) is 23.2 Å². The molecule has 2 amide bonds. The Bertz CT molecular complexity index is 1510. The van der Waals surface area contributed by atoms with Gasteiger partial charge in [-0.15, -0.1) is 0 Å². The molecule has 1 unspecified atom stereocenters. The minimum absolute atomic E-state index is 0.109. The van der Waals surface area contributed by atoms with Crippen LogP contribution in [-0.2, 0) is 22.5 Å². The highest BCUT2D eigenvalue weighted by Crippen LogP contribution is 2.39. The van der Waals surface area contributed by atoms with Crippen molar-refractivity contribution < 1.29 is 41.0 Å². The Morgan fingerprint density at radius 1 is 1.17 bits per heavy atom. The molecule has 2 aliphatic heterocycles. The van der Waals surface area contributed by atoms with Gasteiger partial charge in [0.2, 0.25) is 5.88 Å². The van der Waals surface area contributed by atoms with E-state index in [1.807, 2.05) is 0 Å². The molecular weight excluding hydrogens is 660 g/mol. The number of carbonyl (C=O) groups is 2. The van der Waals surface area contributed by atoms with Crippen molar-refractivity contribution in [2.24, 2.45) is 10.9 Å². The number of amides is 2. The Morgan fingerprint density at radius 3 is 2.57 bits per heavy atom. The van der Waals surface area contributed by atoms with Crippen LogP contribution < -0.4 is 20.7 Å². The smallest absolute Gasteiger partial charge is 0.391 e.